The van der Waals surface area contributed by atoms with Gasteiger partial charge in [0, 0.05) is 23.2 Å². The van der Waals surface area contributed by atoms with E-state index in [1.54, 1.807) is 6.20 Å². The van der Waals surface area contributed by atoms with E-state index >= 15 is 0 Å². The van der Waals surface area contributed by atoms with Crippen molar-refractivity contribution in [1.29, 1.82) is 0 Å². The fourth-order valence-corrected chi connectivity index (χ4v) is 3.25. The Bertz CT molecular complexity index is 654. The van der Waals surface area contributed by atoms with Gasteiger partial charge >= 0.3 is 6.09 Å². The maximum atomic E-state index is 10.5. The number of benzene rings is 1. The fraction of sp³-hybridized carbons (Fsp3) is 0.444. The Morgan fingerprint density at radius 1 is 1.28 bits per heavy atom. The summed E-state index contributed by atoms with van der Waals surface area (Å²) in [5.74, 6) is 0.854. The van der Waals surface area contributed by atoms with Crippen molar-refractivity contribution in [2.75, 3.05) is 26.2 Å². The van der Waals surface area contributed by atoms with Crippen LogP contribution in [0.2, 0.25) is 0 Å². The molecule has 0 aliphatic carbocycles. The van der Waals surface area contributed by atoms with Gasteiger partial charge in [-0.25, -0.2) is 9.78 Å². The Morgan fingerprint density at radius 3 is 2.64 bits per heavy atom. The first-order valence-electron chi connectivity index (χ1n) is 8.49. The minimum absolute atomic E-state index is 0.279. The third kappa shape index (κ3) is 6.36. The fourth-order valence-electron chi connectivity index (χ4n) is 2.40. The molecule has 1 amide bonds. The summed E-state index contributed by atoms with van der Waals surface area (Å²) >= 11 is 1.48. The average Bonchev–Trinajstić information content (AvgIpc) is 3.10. The molecule has 1 aromatic carbocycles. The molecule has 0 spiro atoms. The molecule has 0 saturated carbocycles. The Labute approximate surface area is 152 Å². The van der Waals surface area contributed by atoms with Gasteiger partial charge in [0.05, 0.1) is 13.2 Å². The van der Waals surface area contributed by atoms with E-state index in [1.807, 2.05) is 24.3 Å². The zero-order valence-corrected chi connectivity index (χ0v) is 15.5. The van der Waals surface area contributed by atoms with E-state index < -0.39 is 6.09 Å². The zero-order valence-electron chi connectivity index (χ0n) is 14.7. The molecule has 0 aliphatic heterocycles. The molecule has 2 rings (SSSR count). The van der Waals surface area contributed by atoms with E-state index in [0.717, 1.165) is 47.3 Å². The van der Waals surface area contributed by atoms with Crippen molar-refractivity contribution in [3.8, 4) is 16.3 Å². The third-order valence-electron chi connectivity index (χ3n) is 3.85. The van der Waals surface area contributed by atoms with Gasteiger partial charge in [0.15, 0.2) is 0 Å². The number of thiazole rings is 1. The number of ether oxygens (including phenoxy) is 1. The molecule has 0 saturated heterocycles. The lowest BCUT2D eigenvalue weighted by molar-refractivity contribution is 0.194. The summed E-state index contributed by atoms with van der Waals surface area (Å²) in [6.07, 6.45) is 1.68. The van der Waals surface area contributed by atoms with E-state index in [4.69, 9.17) is 9.84 Å². The predicted molar refractivity (Wildman–Crippen MR) is 100 cm³/mol. The molecule has 7 heteroatoms. The Kier molecular flexibility index (Phi) is 7.69. The Morgan fingerprint density at radius 2 is 2.00 bits per heavy atom. The van der Waals surface area contributed by atoms with E-state index in [9.17, 15) is 4.79 Å². The first-order chi connectivity index (χ1) is 12.1. The van der Waals surface area contributed by atoms with Gasteiger partial charge in [-0.1, -0.05) is 13.8 Å². The number of nitrogens with zero attached hydrogens (tertiary/aromatic N) is 2. The predicted octanol–water partition coefficient (Wildman–Crippen LogP) is 3.69. The standard InChI is InChI=1S/C18H25N3O3S/c1-3-21(4-2)10-5-11-24-15-8-6-14(7-9-15)17-19-12-16(25-17)13-20-18(22)23/h6-9,12,20H,3-5,10-11,13H2,1-2H3,(H,22,23). The number of carboxylic acid groups (broad SMARTS) is 1. The summed E-state index contributed by atoms with van der Waals surface area (Å²) in [6, 6.07) is 7.85. The van der Waals surface area contributed by atoms with Gasteiger partial charge in [-0.15, -0.1) is 11.3 Å². The van der Waals surface area contributed by atoms with Crippen molar-refractivity contribution >= 4 is 17.4 Å². The minimum atomic E-state index is -1.03. The zero-order chi connectivity index (χ0) is 18.1. The summed E-state index contributed by atoms with van der Waals surface area (Å²) in [5, 5.41) is 11.8. The summed E-state index contributed by atoms with van der Waals surface area (Å²) in [4.78, 5) is 18.1. The van der Waals surface area contributed by atoms with Gasteiger partial charge in [0.25, 0.3) is 0 Å². The SMILES string of the molecule is CCN(CC)CCCOc1ccc(-c2ncc(CNC(=O)O)s2)cc1. The number of carbonyl (C=O) groups is 1. The van der Waals surface area contributed by atoms with E-state index in [0.29, 0.717) is 6.61 Å². The maximum Gasteiger partial charge on any atom is 0.404 e. The molecule has 0 aliphatic rings. The lowest BCUT2D eigenvalue weighted by Crippen LogP contribution is -2.25. The number of aromatic nitrogens is 1. The van der Waals surface area contributed by atoms with Crippen molar-refractivity contribution in [3.05, 3.63) is 35.3 Å². The average molecular weight is 363 g/mol. The largest absolute Gasteiger partial charge is 0.494 e. The number of rotatable bonds is 10. The molecular formula is C18H25N3O3S. The number of amides is 1. The number of hydrogen-bond acceptors (Lipinski definition) is 5. The second-order valence-electron chi connectivity index (χ2n) is 5.54. The van der Waals surface area contributed by atoms with E-state index in [2.05, 4.69) is 29.0 Å². The van der Waals surface area contributed by atoms with Crippen molar-refractivity contribution < 1.29 is 14.6 Å². The van der Waals surface area contributed by atoms with Crippen LogP contribution in [0.4, 0.5) is 4.79 Å². The van der Waals surface area contributed by atoms with Crippen LogP contribution in [0.5, 0.6) is 5.75 Å². The van der Waals surface area contributed by atoms with E-state index in [1.165, 1.54) is 11.3 Å². The van der Waals surface area contributed by atoms with Crippen LogP contribution in [0, 0.1) is 0 Å². The third-order valence-corrected chi connectivity index (χ3v) is 4.90. The molecule has 1 heterocycles. The summed E-state index contributed by atoms with van der Waals surface area (Å²) in [7, 11) is 0. The first kappa shape index (κ1) is 19.2. The highest BCUT2D eigenvalue weighted by Gasteiger charge is 2.06. The van der Waals surface area contributed by atoms with Gasteiger partial charge in [0.2, 0.25) is 0 Å². The highest BCUT2D eigenvalue weighted by molar-refractivity contribution is 7.15. The summed E-state index contributed by atoms with van der Waals surface area (Å²) in [6.45, 7) is 8.53. The van der Waals surface area contributed by atoms with Gasteiger partial charge in [-0.05, 0) is 43.8 Å². The van der Waals surface area contributed by atoms with Gasteiger partial charge in [-0.3, -0.25) is 0 Å². The van der Waals surface area contributed by atoms with Gasteiger partial charge in [-0.2, -0.15) is 0 Å². The van der Waals surface area contributed by atoms with E-state index in [-0.39, 0.29) is 6.54 Å². The molecule has 0 radical (unpaired) electrons. The molecule has 0 unspecified atom stereocenters. The van der Waals surface area contributed by atoms with Crippen LogP contribution in [0.15, 0.2) is 30.5 Å². The Hall–Kier alpha value is -2.12. The molecule has 0 bridgehead atoms. The molecule has 136 valence electrons. The highest BCUT2D eigenvalue weighted by atomic mass is 32.1. The van der Waals surface area contributed by atoms with Crippen LogP contribution in [0.25, 0.3) is 10.6 Å². The molecular weight excluding hydrogens is 338 g/mol. The van der Waals surface area contributed by atoms with Gasteiger partial charge < -0.3 is 20.1 Å². The highest BCUT2D eigenvalue weighted by Crippen LogP contribution is 2.26. The van der Waals surface area contributed by atoms with Crippen LogP contribution in [0.1, 0.15) is 25.1 Å². The number of nitrogens with one attached hydrogen (secondary N) is 1. The van der Waals surface area contributed by atoms with Crippen LogP contribution in [-0.4, -0.2) is 47.3 Å². The van der Waals surface area contributed by atoms with Crippen molar-refractivity contribution in [3.63, 3.8) is 0 Å². The molecule has 25 heavy (non-hydrogen) atoms. The topological polar surface area (TPSA) is 74.7 Å². The first-order valence-corrected chi connectivity index (χ1v) is 9.31. The lowest BCUT2D eigenvalue weighted by Gasteiger charge is -2.17. The molecule has 0 atom stereocenters. The van der Waals surface area contributed by atoms with Crippen molar-refractivity contribution in [2.45, 2.75) is 26.8 Å². The Balaban J connectivity index is 1.82. The van der Waals surface area contributed by atoms with Crippen molar-refractivity contribution in [2.24, 2.45) is 0 Å². The second-order valence-corrected chi connectivity index (χ2v) is 6.66. The normalized spacial score (nSPS) is 10.8. The molecule has 2 N–H and O–H groups in total. The lowest BCUT2D eigenvalue weighted by atomic mass is 10.2. The molecule has 0 fully saturated rings. The number of hydrogen-bond donors (Lipinski definition) is 2. The van der Waals surface area contributed by atoms with Crippen LogP contribution in [0.3, 0.4) is 0 Å². The second kappa shape index (κ2) is 10.0. The molecule has 6 nitrogen and oxygen atoms in total. The van der Waals surface area contributed by atoms with Crippen LogP contribution in [-0.2, 0) is 6.54 Å². The van der Waals surface area contributed by atoms with Crippen LogP contribution < -0.4 is 10.1 Å². The van der Waals surface area contributed by atoms with Crippen molar-refractivity contribution in [1.82, 2.24) is 15.2 Å². The summed E-state index contributed by atoms with van der Waals surface area (Å²) in [5.41, 5.74) is 1.00. The smallest absolute Gasteiger partial charge is 0.404 e. The van der Waals surface area contributed by atoms with Gasteiger partial charge in [0.1, 0.15) is 10.8 Å². The molecule has 2 aromatic rings. The monoisotopic (exact) mass is 363 g/mol. The quantitative estimate of drug-likeness (QED) is 0.630. The molecule has 1 aromatic heterocycles. The van der Waals surface area contributed by atoms with Crippen LogP contribution >= 0.6 is 11.3 Å². The summed E-state index contributed by atoms with van der Waals surface area (Å²) < 4.78 is 5.79. The maximum absolute atomic E-state index is 10.5. The minimum Gasteiger partial charge on any atom is -0.494 e.